The van der Waals surface area contributed by atoms with Crippen molar-refractivity contribution in [3.8, 4) is 0 Å². The second-order valence-electron chi connectivity index (χ2n) is 6.73. The quantitative estimate of drug-likeness (QED) is 0.668. The highest BCUT2D eigenvalue weighted by molar-refractivity contribution is 5.89. The van der Waals surface area contributed by atoms with Crippen LogP contribution in [-0.4, -0.2) is 22.9 Å². The zero-order chi connectivity index (χ0) is 19.8. The highest BCUT2D eigenvalue weighted by Crippen LogP contribution is 2.14. The molecular weight excluding hydrogens is 344 g/mol. The van der Waals surface area contributed by atoms with E-state index in [0.717, 1.165) is 5.56 Å². The Bertz CT molecular complexity index is 786. The average molecular weight is 368 g/mol. The molecule has 1 atom stereocenters. The van der Waals surface area contributed by atoms with Crippen LogP contribution in [0.1, 0.15) is 47.8 Å². The molecule has 2 aromatic rings. The normalized spacial score (nSPS) is 11.7. The maximum absolute atomic E-state index is 12.7. The fourth-order valence-electron chi connectivity index (χ4n) is 2.59. The van der Waals surface area contributed by atoms with Crippen molar-refractivity contribution in [2.75, 3.05) is 0 Å². The van der Waals surface area contributed by atoms with Gasteiger partial charge in [-0.25, -0.2) is 4.79 Å². The molecule has 2 rings (SSSR count). The summed E-state index contributed by atoms with van der Waals surface area (Å²) in [6.45, 7) is 4.12. The third kappa shape index (κ3) is 6.26. The summed E-state index contributed by atoms with van der Waals surface area (Å²) in [6, 6.07) is 14.6. The number of carboxylic acid groups (broad SMARTS) is 1. The number of hydrogen-bond donors (Lipinski definition) is 3. The van der Waals surface area contributed by atoms with Gasteiger partial charge in [0, 0.05) is 13.0 Å². The standard InChI is InChI=1S/C21H24N2O4/c1-14(2)12-18(24)23-19(16-6-4-3-5-7-16)20(25)22-13-15-8-10-17(11-9-15)21(26)27/h3-11,14,19H,12-13H2,1-2H3,(H,22,25)(H,23,24)(H,26,27). The fourth-order valence-corrected chi connectivity index (χ4v) is 2.59. The zero-order valence-corrected chi connectivity index (χ0v) is 15.4. The van der Waals surface area contributed by atoms with Crippen LogP contribution in [0.4, 0.5) is 0 Å². The highest BCUT2D eigenvalue weighted by atomic mass is 16.4. The molecule has 0 bridgehead atoms. The maximum atomic E-state index is 12.7. The molecule has 6 heteroatoms. The molecule has 0 saturated carbocycles. The van der Waals surface area contributed by atoms with Gasteiger partial charge in [0.25, 0.3) is 0 Å². The number of rotatable bonds is 8. The monoisotopic (exact) mass is 368 g/mol. The largest absolute Gasteiger partial charge is 0.478 e. The van der Waals surface area contributed by atoms with E-state index in [9.17, 15) is 14.4 Å². The van der Waals surface area contributed by atoms with Gasteiger partial charge in [-0.15, -0.1) is 0 Å². The molecule has 2 amide bonds. The Morgan fingerprint density at radius 3 is 2.15 bits per heavy atom. The predicted octanol–water partition coefficient (Wildman–Crippen LogP) is 2.90. The van der Waals surface area contributed by atoms with Crippen LogP contribution in [0.5, 0.6) is 0 Å². The number of benzene rings is 2. The molecule has 2 aromatic carbocycles. The van der Waals surface area contributed by atoms with Gasteiger partial charge in [-0.2, -0.15) is 0 Å². The lowest BCUT2D eigenvalue weighted by Crippen LogP contribution is -2.40. The molecule has 0 aliphatic carbocycles. The van der Waals surface area contributed by atoms with Gasteiger partial charge >= 0.3 is 5.97 Å². The lowest BCUT2D eigenvalue weighted by Gasteiger charge is -2.19. The summed E-state index contributed by atoms with van der Waals surface area (Å²) < 4.78 is 0. The summed E-state index contributed by atoms with van der Waals surface area (Å²) >= 11 is 0. The van der Waals surface area contributed by atoms with Crippen molar-refractivity contribution in [1.29, 1.82) is 0 Å². The number of nitrogens with one attached hydrogen (secondary N) is 2. The lowest BCUT2D eigenvalue weighted by molar-refractivity contribution is -0.129. The van der Waals surface area contributed by atoms with E-state index < -0.39 is 12.0 Å². The van der Waals surface area contributed by atoms with Crippen molar-refractivity contribution in [2.24, 2.45) is 5.92 Å². The van der Waals surface area contributed by atoms with Crippen molar-refractivity contribution < 1.29 is 19.5 Å². The molecule has 27 heavy (non-hydrogen) atoms. The minimum Gasteiger partial charge on any atom is -0.478 e. The average Bonchev–Trinajstić information content (AvgIpc) is 2.64. The topological polar surface area (TPSA) is 95.5 Å². The molecule has 0 heterocycles. The van der Waals surface area contributed by atoms with Gasteiger partial charge in [-0.1, -0.05) is 56.3 Å². The number of amides is 2. The molecule has 0 radical (unpaired) electrons. The smallest absolute Gasteiger partial charge is 0.335 e. The van der Waals surface area contributed by atoms with Gasteiger partial charge in [0.1, 0.15) is 6.04 Å². The Morgan fingerprint density at radius 1 is 0.963 bits per heavy atom. The van der Waals surface area contributed by atoms with Gasteiger partial charge in [-0.05, 0) is 29.2 Å². The Morgan fingerprint density at radius 2 is 1.59 bits per heavy atom. The SMILES string of the molecule is CC(C)CC(=O)NC(C(=O)NCc1ccc(C(=O)O)cc1)c1ccccc1. The molecule has 0 fully saturated rings. The fraction of sp³-hybridized carbons (Fsp3) is 0.286. The molecule has 0 saturated heterocycles. The lowest BCUT2D eigenvalue weighted by atomic mass is 10.0. The Kier molecular flexibility index (Phi) is 7.11. The molecule has 0 spiro atoms. The Labute approximate surface area is 158 Å². The number of aromatic carboxylic acids is 1. The van der Waals surface area contributed by atoms with E-state index >= 15 is 0 Å². The Balaban J connectivity index is 2.06. The van der Waals surface area contributed by atoms with Crippen LogP contribution < -0.4 is 10.6 Å². The first-order chi connectivity index (χ1) is 12.9. The summed E-state index contributed by atoms with van der Waals surface area (Å²) in [5.41, 5.74) is 1.66. The van der Waals surface area contributed by atoms with E-state index in [1.165, 1.54) is 12.1 Å². The second kappa shape index (κ2) is 9.52. The van der Waals surface area contributed by atoms with E-state index in [0.29, 0.717) is 12.0 Å². The summed E-state index contributed by atoms with van der Waals surface area (Å²) in [7, 11) is 0. The molecule has 0 aromatic heterocycles. The van der Waals surface area contributed by atoms with Crippen LogP contribution in [0.25, 0.3) is 0 Å². The first-order valence-electron chi connectivity index (χ1n) is 8.81. The van der Waals surface area contributed by atoms with Crippen LogP contribution in [0, 0.1) is 5.92 Å². The molecule has 0 aliphatic rings. The second-order valence-corrected chi connectivity index (χ2v) is 6.73. The van der Waals surface area contributed by atoms with Crippen LogP contribution in [0.15, 0.2) is 54.6 Å². The van der Waals surface area contributed by atoms with Crippen LogP contribution in [0.3, 0.4) is 0 Å². The maximum Gasteiger partial charge on any atom is 0.335 e. The van der Waals surface area contributed by atoms with Crippen LogP contribution in [-0.2, 0) is 16.1 Å². The molecule has 1 unspecified atom stereocenters. The third-order valence-electron chi connectivity index (χ3n) is 3.96. The number of carbonyl (C=O) groups excluding carboxylic acids is 2. The van der Waals surface area contributed by atoms with Crippen molar-refractivity contribution in [3.05, 3.63) is 71.3 Å². The van der Waals surface area contributed by atoms with Gasteiger partial charge in [0.15, 0.2) is 0 Å². The highest BCUT2D eigenvalue weighted by Gasteiger charge is 2.22. The first kappa shape index (κ1) is 20.2. The predicted molar refractivity (Wildman–Crippen MR) is 102 cm³/mol. The Hall–Kier alpha value is -3.15. The van der Waals surface area contributed by atoms with Crippen molar-refractivity contribution in [1.82, 2.24) is 10.6 Å². The van der Waals surface area contributed by atoms with E-state index in [-0.39, 0.29) is 29.8 Å². The number of carbonyl (C=O) groups is 3. The van der Waals surface area contributed by atoms with Crippen LogP contribution >= 0.6 is 0 Å². The summed E-state index contributed by atoms with van der Waals surface area (Å²) in [4.78, 5) is 35.8. The van der Waals surface area contributed by atoms with E-state index in [2.05, 4.69) is 10.6 Å². The van der Waals surface area contributed by atoms with E-state index in [1.807, 2.05) is 32.0 Å². The molecule has 6 nitrogen and oxygen atoms in total. The summed E-state index contributed by atoms with van der Waals surface area (Å²) in [5, 5.41) is 14.5. The molecule has 142 valence electrons. The first-order valence-corrected chi connectivity index (χ1v) is 8.81. The summed E-state index contributed by atoms with van der Waals surface area (Å²) in [5.74, 6) is -1.31. The van der Waals surface area contributed by atoms with Crippen molar-refractivity contribution in [3.63, 3.8) is 0 Å². The molecular formula is C21H24N2O4. The van der Waals surface area contributed by atoms with Gasteiger partial charge in [0.2, 0.25) is 11.8 Å². The van der Waals surface area contributed by atoms with Crippen molar-refractivity contribution in [2.45, 2.75) is 32.9 Å². The number of carboxylic acids is 1. The number of hydrogen-bond acceptors (Lipinski definition) is 3. The summed E-state index contributed by atoms with van der Waals surface area (Å²) in [6.07, 6.45) is 0.341. The van der Waals surface area contributed by atoms with Gasteiger partial charge in [0.05, 0.1) is 5.56 Å². The van der Waals surface area contributed by atoms with E-state index in [4.69, 9.17) is 5.11 Å². The third-order valence-corrected chi connectivity index (χ3v) is 3.96. The van der Waals surface area contributed by atoms with Crippen molar-refractivity contribution >= 4 is 17.8 Å². The molecule has 0 aliphatic heterocycles. The van der Waals surface area contributed by atoms with Gasteiger partial charge < -0.3 is 15.7 Å². The van der Waals surface area contributed by atoms with Gasteiger partial charge in [-0.3, -0.25) is 9.59 Å². The van der Waals surface area contributed by atoms with E-state index in [1.54, 1.807) is 24.3 Å². The zero-order valence-electron chi connectivity index (χ0n) is 15.4. The molecule has 3 N–H and O–H groups in total. The van der Waals surface area contributed by atoms with Crippen LogP contribution in [0.2, 0.25) is 0 Å². The minimum absolute atomic E-state index is 0.181. The minimum atomic E-state index is -0.998.